The largest absolute Gasteiger partial charge is 0.352 e. The molecule has 2 aromatic heterocycles. The third-order valence-corrected chi connectivity index (χ3v) is 5.28. The maximum Gasteiger partial charge on any atom is 0.179 e. The Kier molecular flexibility index (Phi) is 4.36. The second kappa shape index (κ2) is 6.68. The summed E-state index contributed by atoms with van der Waals surface area (Å²) in [6.07, 6.45) is 1.13. The highest BCUT2D eigenvalue weighted by molar-refractivity contribution is 5.92. The van der Waals surface area contributed by atoms with E-state index in [4.69, 9.17) is 5.10 Å². The molecule has 6 heteroatoms. The molecule has 1 aliphatic heterocycles. The van der Waals surface area contributed by atoms with Gasteiger partial charge in [0, 0.05) is 19.6 Å². The molecule has 1 aliphatic rings. The molecular weight excluding hydrogens is 324 g/mol. The zero-order valence-corrected chi connectivity index (χ0v) is 16.0. The first-order chi connectivity index (χ1) is 12.5. The second-order valence-electron chi connectivity index (χ2n) is 7.31. The molecule has 1 saturated heterocycles. The van der Waals surface area contributed by atoms with Gasteiger partial charge < -0.3 is 9.80 Å². The third kappa shape index (κ3) is 2.94. The summed E-state index contributed by atoms with van der Waals surface area (Å²) in [5.41, 5.74) is 5.33. The SMILES string of the molecule is Cc1ccc(-n2nc3c(N4CCCN(C)CC4)nnc(C)c3c2C)cc1. The van der Waals surface area contributed by atoms with Crippen molar-refractivity contribution < 1.29 is 0 Å². The highest BCUT2D eigenvalue weighted by atomic mass is 15.3. The first-order valence-corrected chi connectivity index (χ1v) is 9.28. The number of benzene rings is 1. The van der Waals surface area contributed by atoms with Crippen molar-refractivity contribution in [3.05, 3.63) is 41.2 Å². The van der Waals surface area contributed by atoms with Crippen LogP contribution in [0.5, 0.6) is 0 Å². The van der Waals surface area contributed by atoms with Gasteiger partial charge in [-0.25, -0.2) is 4.68 Å². The molecule has 0 bridgehead atoms. The monoisotopic (exact) mass is 350 g/mol. The van der Waals surface area contributed by atoms with E-state index in [0.717, 1.165) is 66.4 Å². The molecule has 0 unspecified atom stereocenters. The van der Waals surface area contributed by atoms with Crippen molar-refractivity contribution in [3.63, 3.8) is 0 Å². The van der Waals surface area contributed by atoms with E-state index in [9.17, 15) is 0 Å². The molecule has 0 saturated carbocycles. The number of aryl methyl sites for hydroxylation is 3. The summed E-state index contributed by atoms with van der Waals surface area (Å²) >= 11 is 0. The Bertz CT molecular complexity index is 928. The minimum absolute atomic E-state index is 0.912. The van der Waals surface area contributed by atoms with Crippen LogP contribution in [0.25, 0.3) is 16.6 Å². The Morgan fingerprint density at radius 1 is 0.885 bits per heavy atom. The highest BCUT2D eigenvalue weighted by Crippen LogP contribution is 2.29. The summed E-state index contributed by atoms with van der Waals surface area (Å²) < 4.78 is 2.02. The predicted molar refractivity (Wildman–Crippen MR) is 105 cm³/mol. The fourth-order valence-electron chi connectivity index (χ4n) is 3.72. The Balaban J connectivity index is 1.84. The van der Waals surface area contributed by atoms with Crippen molar-refractivity contribution in [2.45, 2.75) is 27.2 Å². The topological polar surface area (TPSA) is 50.1 Å². The smallest absolute Gasteiger partial charge is 0.179 e. The number of anilines is 1. The van der Waals surface area contributed by atoms with Gasteiger partial charge in [0.15, 0.2) is 5.82 Å². The molecule has 3 aromatic rings. The summed E-state index contributed by atoms with van der Waals surface area (Å²) in [5, 5.41) is 15.1. The number of hydrogen-bond donors (Lipinski definition) is 0. The van der Waals surface area contributed by atoms with Crippen LogP contribution in [-0.4, -0.2) is 58.1 Å². The van der Waals surface area contributed by atoms with Crippen molar-refractivity contribution in [3.8, 4) is 5.69 Å². The standard InChI is InChI=1S/C20H26N6/c1-14-6-8-17(9-7-14)26-16(3)18-15(2)21-22-20(19(18)23-26)25-11-5-10-24(4)12-13-25/h6-9H,5,10-13H2,1-4H3. The van der Waals surface area contributed by atoms with Gasteiger partial charge in [0.2, 0.25) is 0 Å². The lowest BCUT2D eigenvalue weighted by Crippen LogP contribution is -2.29. The summed E-state index contributed by atoms with van der Waals surface area (Å²) in [6.45, 7) is 10.3. The van der Waals surface area contributed by atoms with Gasteiger partial charge in [-0.15, -0.1) is 5.10 Å². The molecule has 3 heterocycles. The van der Waals surface area contributed by atoms with Crippen LogP contribution in [0.1, 0.15) is 23.4 Å². The highest BCUT2D eigenvalue weighted by Gasteiger charge is 2.22. The second-order valence-corrected chi connectivity index (χ2v) is 7.31. The Hall–Kier alpha value is -2.47. The van der Waals surface area contributed by atoms with Gasteiger partial charge in [-0.3, -0.25) is 0 Å². The Morgan fingerprint density at radius 3 is 2.42 bits per heavy atom. The molecule has 0 radical (unpaired) electrons. The Labute approximate surface area is 154 Å². The predicted octanol–water partition coefficient (Wildman–Crippen LogP) is 2.88. The van der Waals surface area contributed by atoms with Crippen molar-refractivity contribution in [2.75, 3.05) is 38.1 Å². The van der Waals surface area contributed by atoms with Gasteiger partial charge in [0.1, 0.15) is 5.52 Å². The van der Waals surface area contributed by atoms with Crippen LogP contribution in [0.2, 0.25) is 0 Å². The number of likely N-dealkylation sites (N-methyl/N-ethyl adjacent to an activating group) is 1. The van der Waals surface area contributed by atoms with E-state index < -0.39 is 0 Å². The van der Waals surface area contributed by atoms with Gasteiger partial charge in [0.05, 0.1) is 22.5 Å². The first kappa shape index (κ1) is 17.0. The lowest BCUT2D eigenvalue weighted by atomic mass is 10.2. The number of rotatable bonds is 2. The molecule has 0 atom stereocenters. The van der Waals surface area contributed by atoms with E-state index >= 15 is 0 Å². The van der Waals surface area contributed by atoms with E-state index in [2.05, 4.69) is 65.2 Å². The molecular formula is C20H26N6. The summed E-state index contributed by atoms with van der Waals surface area (Å²) in [4.78, 5) is 4.71. The zero-order valence-electron chi connectivity index (χ0n) is 16.0. The molecule has 26 heavy (non-hydrogen) atoms. The zero-order chi connectivity index (χ0) is 18.3. The van der Waals surface area contributed by atoms with E-state index in [1.807, 2.05) is 11.6 Å². The molecule has 4 rings (SSSR count). The van der Waals surface area contributed by atoms with Crippen LogP contribution in [0.15, 0.2) is 24.3 Å². The molecule has 136 valence electrons. The lowest BCUT2D eigenvalue weighted by Gasteiger charge is -2.21. The average molecular weight is 350 g/mol. The fourth-order valence-corrected chi connectivity index (χ4v) is 3.72. The molecule has 1 aromatic carbocycles. The molecule has 0 aliphatic carbocycles. The van der Waals surface area contributed by atoms with E-state index in [1.54, 1.807) is 0 Å². The van der Waals surface area contributed by atoms with Gasteiger partial charge in [0.25, 0.3) is 0 Å². The quantitative estimate of drug-likeness (QED) is 0.711. The number of aromatic nitrogens is 4. The number of nitrogens with zero attached hydrogens (tertiary/aromatic N) is 6. The minimum atomic E-state index is 0.912. The van der Waals surface area contributed by atoms with Crippen LogP contribution in [-0.2, 0) is 0 Å². The molecule has 0 amide bonds. The van der Waals surface area contributed by atoms with Crippen LogP contribution in [0.3, 0.4) is 0 Å². The van der Waals surface area contributed by atoms with E-state index in [0.29, 0.717) is 0 Å². The van der Waals surface area contributed by atoms with Crippen LogP contribution in [0, 0.1) is 20.8 Å². The third-order valence-electron chi connectivity index (χ3n) is 5.28. The van der Waals surface area contributed by atoms with Crippen molar-refractivity contribution in [1.29, 1.82) is 0 Å². The van der Waals surface area contributed by atoms with Gasteiger partial charge in [-0.05, 0) is 52.9 Å². The minimum Gasteiger partial charge on any atom is -0.352 e. The van der Waals surface area contributed by atoms with Crippen molar-refractivity contribution in [2.24, 2.45) is 0 Å². The maximum atomic E-state index is 4.96. The average Bonchev–Trinajstić information content (AvgIpc) is 2.82. The molecule has 0 N–H and O–H groups in total. The summed E-state index contributed by atoms with van der Waals surface area (Å²) in [5.74, 6) is 0.912. The molecule has 6 nitrogen and oxygen atoms in total. The normalized spacial score (nSPS) is 16.2. The molecule has 1 fully saturated rings. The van der Waals surface area contributed by atoms with Gasteiger partial charge >= 0.3 is 0 Å². The summed E-state index contributed by atoms with van der Waals surface area (Å²) in [7, 11) is 2.18. The van der Waals surface area contributed by atoms with Crippen molar-refractivity contribution in [1.82, 2.24) is 24.9 Å². The van der Waals surface area contributed by atoms with E-state index in [1.165, 1.54) is 5.56 Å². The lowest BCUT2D eigenvalue weighted by molar-refractivity contribution is 0.360. The number of fused-ring (bicyclic) bond motifs is 1. The maximum absolute atomic E-state index is 4.96. The first-order valence-electron chi connectivity index (χ1n) is 9.28. The summed E-state index contributed by atoms with van der Waals surface area (Å²) in [6, 6.07) is 8.47. The van der Waals surface area contributed by atoms with Crippen molar-refractivity contribution >= 4 is 16.7 Å². The van der Waals surface area contributed by atoms with Gasteiger partial charge in [-0.1, -0.05) is 17.7 Å². The van der Waals surface area contributed by atoms with Crippen LogP contribution < -0.4 is 4.90 Å². The van der Waals surface area contributed by atoms with Gasteiger partial charge in [-0.2, -0.15) is 10.2 Å². The Morgan fingerprint density at radius 2 is 1.65 bits per heavy atom. The number of hydrogen-bond acceptors (Lipinski definition) is 5. The van der Waals surface area contributed by atoms with Crippen LogP contribution >= 0.6 is 0 Å². The van der Waals surface area contributed by atoms with Crippen LogP contribution in [0.4, 0.5) is 5.82 Å². The molecule has 0 spiro atoms. The fraction of sp³-hybridized carbons (Fsp3) is 0.450. The van der Waals surface area contributed by atoms with E-state index in [-0.39, 0.29) is 0 Å².